The van der Waals surface area contributed by atoms with Crippen LogP contribution in [0.2, 0.25) is 5.02 Å². The van der Waals surface area contributed by atoms with E-state index in [1.165, 1.54) is 10.9 Å². The fourth-order valence-corrected chi connectivity index (χ4v) is 2.59. The van der Waals surface area contributed by atoms with Crippen molar-refractivity contribution < 1.29 is 4.74 Å². The molecule has 0 amide bonds. The van der Waals surface area contributed by atoms with Crippen LogP contribution in [-0.2, 0) is 17.7 Å². The van der Waals surface area contributed by atoms with Crippen molar-refractivity contribution in [2.24, 2.45) is 5.73 Å². The predicted octanol–water partition coefficient (Wildman–Crippen LogP) is 3.61. The average molecular weight is 295 g/mol. The Hall–Kier alpha value is -1.03. The zero-order valence-corrected chi connectivity index (χ0v) is 13.0. The van der Waals surface area contributed by atoms with Crippen molar-refractivity contribution in [2.45, 2.75) is 39.3 Å². The number of halogens is 1. The fourth-order valence-electron chi connectivity index (χ4n) is 2.42. The minimum Gasteiger partial charge on any atom is -0.380 e. The summed E-state index contributed by atoms with van der Waals surface area (Å²) in [5.74, 6) is 0. The van der Waals surface area contributed by atoms with E-state index in [-0.39, 0.29) is 6.04 Å². The predicted molar refractivity (Wildman–Crippen MR) is 85.4 cm³/mol. The summed E-state index contributed by atoms with van der Waals surface area (Å²) in [6.07, 6.45) is 4.07. The number of aromatic nitrogens is 1. The first-order valence-electron chi connectivity index (χ1n) is 7.26. The molecule has 0 aliphatic carbocycles. The van der Waals surface area contributed by atoms with Crippen LogP contribution < -0.4 is 5.73 Å². The summed E-state index contributed by atoms with van der Waals surface area (Å²) in [5.41, 5.74) is 8.55. The number of fused-ring (bicyclic) bond motifs is 1. The van der Waals surface area contributed by atoms with Crippen LogP contribution in [0.4, 0.5) is 0 Å². The Labute approximate surface area is 125 Å². The Balaban J connectivity index is 2.33. The summed E-state index contributed by atoms with van der Waals surface area (Å²) >= 11 is 6.12. The third-order valence-electron chi connectivity index (χ3n) is 3.61. The van der Waals surface area contributed by atoms with Crippen molar-refractivity contribution in [1.82, 2.24) is 4.57 Å². The molecule has 1 aromatic heterocycles. The van der Waals surface area contributed by atoms with Crippen LogP contribution >= 0.6 is 11.6 Å². The second kappa shape index (κ2) is 7.11. The van der Waals surface area contributed by atoms with Gasteiger partial charge in [0.25, 0.3) is 0 Å². The van der Waals surface area contributed by atoms with Gasteiger partial charge in [-0.15, -0.1) is 0 Å². The molecule has 0 radical (unpaired) electrons. The molecule has 0 bridgehead atoms. The van der Waals surface area contributed by atoms with Crippen LogP contribution in [-0.4, -0.2) is 23.8 Å². The summed E-state index contributed by atoms with van der Waals surface area (Å²) in [6, 6.07) is 6.25. The highest BCUT2D eigenvalue weighted by Gasteiger charge is 2.11. The van der Waals surface area contributed by atoms with E-state index in [0.29, 0.717) is 6.61 Å². The number of hydrogen-bond acceptors (Lipinski definition) is 2. The summed E-state index contributed by atoms with van der Waals surface area (Å²) < 4.78 is 7.67. The molecular formula is C16H23ClN2O. The Morgan fingerprint density at radius 3 is 2.85 bits per heavy atom. The molecule has 0 aliphatic heterocycles. The van der Waals surface area contributed by atoms with Gasteiger partial charge in [0.2, 0.25) is 0 Å². The van der Waals surface area contributed by atoms with Crippen LogP contribution in [0.3, 0.4) is 0 Å². The van der Waals surface area contributed by atoms with Gasteiger partial charge in [0, 0.05) is 41.3 Å². The molecule has 1 aromatic carbocycles. The van der Waals surface area contributed by atoms with Gasteiger partial charge in [0.05, 0.1) is 6.61 Å². The van der Waals surface area contributed by atoms with E-state index in [2.05, 4.69) is 23.8 Å². The van der Waals surface area contributed by atoms with Crippen molar-refractivity contribution >= 4 is 22.5 Å². The van der Waals surface area contributed by atoms with Gasteiger partial charge in [0.1, 0.15) is 0 Å². The van der Waals surface area contributed by atoms with E-state index < -0.39 is 0 Å². The highest BCUT2D eigenvalue weighted by atomic mass is 35.5. The summed E-state index contributed by atoms with van der Waals surface area (Å²) in [4.78, 5) is 0. The van der Waals surface area contributed by atoms with Gasteiger partial charge in [-0.05, 0) is 37.5 Å². The van der Waals surface area contributed by atoms with Crippen molar-refractivity contribution in [1.29, 1.82) is 0 Å². The molecule has 1 heterocycles. The van der Waals surface area contributed by atoms with E-state index in [1.807, 2.05) is 19.1 Å². The molecule has 0 aliphatic rings. The van der Waals surface area contributed by atoms with Gasteiger partial charge in [-0.25, -0.2) is 0 Å². The lowest BCUT2D eigenvalue weighted by atomic mass is 10.0. The zero-order valence-electron chi connectivity index (χ0n) is 12.2. The Morgan fingerprint density at radius 1 is 1.35 bits per heavy atom. The SMILES string of the molecule is CCOCCn1cc(CC(N)CC)c2ccc(Cl)cc21. The number of rotatable bonds is 7. The second-order valence-corrected chi connectivity index (χ2v) is 5.52. The number of nitrogens with zero attached hydrogens (tertiary/aromatic N) is 1. The molecular weight excluding hydrogens is 272 g/mol. The van der Waals surface area contributed by atoms with E-state index in [1.54, 1.807) is 0 Å². The lowest BCUT2D eigenvalue weighted by Crippen LogP contribution is -2.21. The maximum atomic E-state index is 6.12. The number of ether oxygens (including phenoxy) is 1. The average Bonchev–Trinajstić information content (AvgIpc) is 2.76. The van der Waals surface area contributed by atoms with Crippen molar-refractivity contribution in [3.63, 3.8) is 0 Å². The molecule has 0 saturated carbocycles. The van der Waals surface area contributed by atoms with Gasteiger partial charge in [-0.3, -0.25) is 0 Å². The van der Waals surface area contributed by atoms with Gasteiger partial charge in [-0.2, -0.15) is 0 Å². The third kappa shape index (κ3) is 3.54. The van der Waals surface area contributed by atoms with E-state index >= 15 is 0 Å². The quantitative estimate of drug-likeness (QED) is 0.793. The van der Waals surface area contributed by atoms with E-state index in [9.17, 15) is 0 Å². The molecule has 0 saturated heterocycles. The van der Waals surface area contributed by atoms with Gasteiger partial charge < -0.3 is 15.0 Å². The Bertz CT molecular complexity index is 565. The molecule has 110 valence electrons. The van der Waals surface area contributed by atoms with E-state index in [0.717, 1.165) is 36.5 Å². The topological polar surface area (TPSA) is 40.2 Å². The Kier molecular flexibility index (Phi) is 5.46. The maximum absolute atomic E-state index is 6.12. The summed E-state index contributed by atoms with van der Waals surface area (Å²) in [6.45, 7) is 6.43. The molecule has 2 aromatic rings. The van der Waals surface area contributed by atoms with Crippen LogP contribution in [0.5, 0.6) is 0 Å². The zero-order chi connectivity index (χ0) is 14.5. The normalized spacial score (nSPS) is 13.0. The lowest BCUT2D eigenvalue weighted by molar-refractivity contribution is 0.140. The fraction of sp³-hybridized carbons (Fsp3) is 0.500. The smallest absolute Gasteiger partial charge is 0.0645 e. The van der Waals surface area contributed by atoms with Crippen molar-refractivity contribution in [3.05, 3.63) is 35.0 Å². The summed E-state index contributed by atoms with van der Waals surface area (Å²) in [7, 11) is 0. The highest BCUT2D eigenvalue weighted by Crippen LogP contribution is 2.26. The van der Waals surface area contributed by atoms with E-state index in [4.69, 9.17) is 22.1 Å². The summed E-state index contributed by atoms with van der Waals surface area (Å²) in [5, 5.41) is 2.01. The Morgan fingerprint density at radius 2 is 2.15 bits per heavy atom. The minimum absolute atomic E-state index is 0.205. The molecule has 3 nitrogen and oxygen atoms in total. The van der Waals surface area contributed by atoms with Gasteiger partial charge in [-0.1, -0.05) is 24.6 Å². The molecule has 0 spiro atoms. The molecule has 4 heteroatoms. The van der Waals surface area contributed by atoms with Crippen LogP contribution in [0.15, 0.2) is 24.4 Å². The molecule has 20 heavy (non-hydrogen) atoms. The number of hydrogen-bond donors (Lipinski definition) is 1. The molecule has 2 N–H and O–H groups in total. The second-order valence-electron chi connectivity index (χ2n) is 5.08. The highest BCUT2D eigenvalue weighted by molar-refractivity contribution is 6.31. The third-order valence-corrected chi connectivity index (χ3v) is 3.85. The largest absolute Gasteiger partial charge is 0.380 e. The number of nitrogens with two attached hydrogens (primary N) is 1. The molecule has 2 rings (SSSR count). The van der Waals surface area contributed by atoms with Crippen molar-refractivity contribution in [3.8, 4) is 0 Å². The number of benzene rings is 1. The first-order valence-corrected chi connectivity index (χ1v) is 7.64. The maximum Gasteiger partial charge on any atom is 0.0645 e. The standard InChI is InChI=1S/C16H23ClN2O/c1-3-14(18)9-12-11-19(7-8-20-4-2)16-10-13(17)5-6-15(12)16/h5-6,10-11,14H,3-4,7-9,18H2,1-2H3. The molecule has 1 atom stereocenters. The molecule has 1 unspecified atom stereocenters. The van der Waals surface area contributed by atoms with Gasteiger partial charge >= 0.3 is 0 Å². The molecule has 0 fully saturated rings. The monoisotopic (exact) mass is 294 g/mol. The van der Waals surface area contributed by atoms with Crippen LogP contribution in [0, 0.1) is 0 Å². The minimum atomic E-state index is 0.205. The van der Waals surface area contributed by atoms with Crippen LogP contribution in [0.25, 0.3) is 10.9 Å². The lowest BCUT2D eigenvalue weighted by Gasteiger charge is -2.06. The van der Waals surface area contributed by atoms with Crippen molar-refractivity contribution in [2.75, 3.05) is 13.2 Å². The van der Waals surface area contributed by atoms with Crippen LogP contribution in [0.1, 0.15) is 25.8 Å². The first-order chi connectivity index (χ1) is 9.65. The van der Waals surface area contributed by atoms with Gasteiger partial charge in [0.15, 0.2) is 0 Å². The first kappa shape index (κ1) is 15.4.